The molecule has 0 bridgehead atoms. The molecule has 0 fully saturated rings. The van der Waals surface area contributed by atoms with E-state index in [0.29, 0.717) is 22.2 Å². The molecule has 0 aliphatic heterocycles. The first kappa shape index (κ1) is 22.9. The Hall–Kier alpha value is -4.83. The third-order valence-corrected chi connectivity index (χ3v) is 5.29. The molecule has 1 N–H and O–H groups in total. The summed E-state index contributed by atoms with van der Waals surface area (Å²) in [5, 5.41) is 11.5. The minimum absolute atomic E-state index is 0.170. The third-order valence-electron chi connectivity index (χ3n) is 5.06. The minimum atomic E-state index is -0.834. The highest BCUT2D eigenvalue weighted by Crippen LogP contribution is 2.24. The lowest BCUT2D eigenvalue weighted by atomic mass is 10.2. The van der Waals surface area contributed by atoms with E-state index in [-0.39, 0.29) is 5.82 Å². The molecule has 1 amide bonds. The second-order valence-electron chi connectivity index (χ2n) is 7.50. The van der Waals surface area contributed by atoms with E-state index in [4.69, 9.17) is 16.3 Å². The van der Waals surface area contributed by atoms with Crippen LogP contribution in [0, 0.1) is 0 Å². The molecule has 11 heteroatoms. The predicted molar refractivity (Wildman–Crippen MR) is 132 cm³/mol. The number of carbonyl (C=O) groups excluding carboxylic acids is 2. The molecule has 0 aliphatic carbocycles. The first-order chi connectivity index (χ1) is 17.6. The van der Waals surface area contributed by atoms with Gasteiger partial charge in [-0.1, -0.05) is 60.1 Å². The van der Waals surface area contributed by atoms with Gasteiger partial charge in [0.2, 0.25) is 0 Å². The van der Waals surface area contributed by atoms with E-state index in [9.17, 15) is 9.59 Å². The number of esters is 1. The van der Waals surface area contributed by atoms with Crippen molar-refractivity contribution in [1.82, 2.24) is 29.5 Å². The summed E-state index contributed by atoms with van der Waals surface area (Å²) in [5.41, 5.74) is 2.42. The molecule has 178 valence electrons. The summed E-state index contributed by atoms with van der Waals surface area (Å²) in [6.07, 6.45) is 2.85. The van der Waals surface area contributed by atoms with Gasteiger partial charge in [-0.2, -0.15) is 5.10 Å². The lowest BCUT2D eigenvalue weighted by molar-refractivity contribution is -0.119. The first-order valence-electron chi connectivity index (χ1n) is 10.8. The van der Waals surface area contributed by atoms with Crippen molar-refractivity contribution in [3.63, 3.8) is 0 Å². The maximum atomic E-state index is 12.8. The lowest BCUT2D eigenvalue weighted by Crippen LogP contribution is -2.22. The van der Waals surface area contributed by atoms with Crippen LogP contribution in [0.15, 0.2) is 91.5 Å². The molecule has 0 atom stereocenters. The number of nitrogens with zero attached hydrogens (tertiary/aromatic N) is 6. The molecule has 0 unspecified atom stereocenters. The van der Waals surface area contributed by atoms with E-state index in [1.54, 1.807) is 22.9 Å². The zero-order valence-corrected chi connectivity index (χ0v) is 19.4. The van der Waals surface area contributed by atoms with Gasteiger partial charge >= 0.3 is 5.97 Å². The molecule has 36 heavy (non-hydrogen) atoms. The number of anilines is 1. The number of amides is 1. The highest BCUT2D eigenvalue weighted by atomic mass is 35.5. The monoisotopic (exact) mass is 499 g/mol. The lowest BCUT2D eigenvalue weighted by Gasteiger charge is -2.11. The van der Waals surface area contributed by atoms with Crippen molar-refractivity contribution in [3.8, 4) is 22.8 Å². The molecule has 5 aromatic rings. The quantitative estimate of drug-likeness (QED) is 0.337. The van der Waals surface area contributed by atoms with Crippen molar-refractivity contribution in [2.45, 2.75) is 0 Å². The molecule has 0 aliphatic rings. The van der Waals surface area contributed by atoms with Crippen LogP contribution in [-0.2, 0) is 9.53 Å². The van der Waals surface area contributed by atoms with Crippen LogP contribution in [0.3, 0.4) is 0 Å². The molecular weight excluding hydrogens is 482 g/mol. The molecule has 0 saturated heterocycles. The van der Waals surface area contributed by atoms with Crippen LogP contribution in [0.1, 0.15) is 10.6 Å². The molecular formula is C25H18ClN7O3. The topological polar surface area (TPSA) is 117 Å². The van der Waals surface area contributed by atoms with Gasteiger partial charge in [-0.3, -0.25) is 4.79 Å². The number of benzene rings is 3. The Morgan fingerprint density at radius 3 is 2.44 bits per heavy atom. The molecule has 2 heterocycles. The van der Waals surface area contributed by atoms with Crippen molar-refractivity contribution in [1.29, 1.82) is 0 Å². The second kappa shape index (κ2) is 10.2. The van der Waals surface area contributed by atoms with E-state index in [1.165, 1.54) is 17.3 Å². The van der Waals surface area contributed by atoms with Crippen LogP contribution >= 0.6 is 11.6 Å². The number of aromatic nitrogens is 6. The number of rotatable bonds is 7. The fraction of sp³-hybridized carbons (Fsp3) is 0.0400. The van der Waals surface area contributed by atoms with Gasteiger partial charge in [0.05, 0.1) is 17.1 Å². The fourth-order valence-electron chi connectivity index (χ4n) is 3.44. The van der Waals surface area contributed by atoms with Gasteiger partial charge in [0, 0.05) is 10.6 Å². The number of nitrogens with one attached hydrogen (secondary N) is 1. The van der Waals surface area contributed by atoms with E-state index in [0.717, 1.165) is 11.3 Å². The predicted octanol–water partition coefficient (Wildman–Crippen LogP) is 3.96. The molecule has 2 aromatic heterocycles. The van der Waals surface area contributed by atoms with Crippen LogP contribution in [0.25, 0.3) is 22.8 Å². The summed E-state index contributed by atoms with van der Waals surface area (Å²) in [6.45, 7) is -0.553. The number of hydrogen-bond donors (Lipinski definition) is 1. The maximum Gasteiger partial charge on any atom is 0.378 e. The van der Waals surface area contributed by atoms with Crippen LogP contribution in [0.2, 0.25) is 5.02 Å². The van der Waals surface area contributed by atoms with E-state index < -0.39 is 18.5 Å². The summed E-state index contributed by atoms with van der Waals surface area (Å²) >= 11 is 6.09. The van der Waals surface area contributed by atoms with Crippen molar-refractivity contribution < 1.29 is 14.3 Å². The largest absolute Gasteiger partial charge is 0.450 e. The van der Waals surface area contributed by atoms with Crippen LogP contribution in [0.4, 0.5) is 5.69 Å². The fourth-order valence-corrected chi connectivity index (χ4v) is 3.62. The van der Waals surface area contributed by atoms with Gasteiger partial charge in [0.25, 0.3) is 11.7 Å². The first-order valence-corrected chi connectivity index (χ1v) is 11.2. The van der Waals surface area contributed by atoms with Crippen LogP contribution < -0.4 is 5.32 Å². The van der Waals surface area contributed by atoms with Crippen LogP contribution in [0.5, 0.6) is 0 Å². The van der Waals surface area contributed by atoms with Gasteiger partial charge < -0.3 is 10.1 Å². The Morgan fingerprint density at radius 1 is 0.972 bits per heavy atom. The number of ether oxygens (including phenoxy) is 1. The minimum Gasteiger partial charge on any atom is -0.450 e. The van der Waals surface area contributed by atoms with E-state index >= 15 is 0 Å². The molecule has 10 nitrogen and oxygen atoms in total. The zero-order chi connectivity index (χ0) is 24.9. The Labute approximate surface area is 210 Å². The van der Waals surface area contributed by atoms with Gasteiger partial charge in [-0.15, -0.1) is 5.10 Å². The Morgan fingerprint density at radius 2 is 1.72 bits per heavy atom. The average Bonchev–Trinajstić information content (AvgIpc) is 3.59. The number of hydrogen-bond acceptors (Lipinski definition) is 7. The molecule has 5 rings (SSSR count). The Kier molecular flexibility index (Phi) is 6.50. The van der Waals surface area contributed by atoms with E-state index in [1.807, 2.05) is 60.7 Å². The molecule has 3 aromatic carbocycles. The summed E-state index contributed by atoms with van der Waals surface area (Å²) < 4.78 is 8.24. The maximum absolute atomic E-state index is 12.8. The summed E-state index contributed by atoms with van der Waals surface area (Å²) in [5.74, 6) is -1.11. The summed E-state index contributed by atoms with van der Waals surface area (Å²) in [4.78, 5) is 33.6. The highest BCUT2D eigenvalue weighted by molar-refractivity contribution is 6.31. The van der Waals surface area contributed by atoms with E-state index in [2.05, 4.69) is 25.5 Å². The standard InChI is InChI=1S/C25H18ClN7O3/c26-18-11-12-21(32-16-27-15-28-32)20(13-18)29-22(34)14-36-25(35)23-30-24(17-7-3-1-4-8-17)33(31-23)19-9-5-2-6-10-19/h1-13,15-16H,14H2,(H,29,34). The summed E-state index contributed by atoms with van der Waals surface area (Å²) in [7, 11) is 0. The third kappa shape index (κ3) is 4.98. The molecule has 0 radical (unpaired) electrons. The van der Waals surface area contributed by atoms with Gasteiger partial charge in [0.1, 0.15) is 12.7 Å². The smallest absolute Gasteiger partial charge is 0.378 e. The van der Waals surface area contributed by atoms with Gasteiger partial charge in [-0.25, -0.2) is 24.1 Å². The van der Waals surface area contributed by atoms with Gasteiger partial charge in [-0.05, 0) is 30.3 Å². The Balaban J connectivity index is 1.33. The van der Waals surface area contributed by atoms with Crippen LogP contribution in [-0.4, -0.2) is 48.0 Å². The average molecular weight is 500 g/mol. The highest BCUT2D eigenvalue weighted by Gasteiger charge is 2.21. The second-order valence-corrected chi connectivity index (χ2v) is 7.93. The number of para-hydroxylation sites is 1. The SMILES string of the molecule is O=C(COC(=O)c1nc(-c2ccccc2)n(-c2ccccc2)n1)Nc1cc(Cl)ccc1-n1cncn1. The van der Waals surface area contributed by atoms with Gasteiger partial charge in [0.15, 0.2) is 12.4 Å². The molecule has 0 saturated carbocycles. The summed E-state index contributed by atoms with van der Waals surface area (Å²) in [6, 6.07) is 23.5. The Bertz CT molecular complexity index is 1450. The van der Waals surface area contributed by atoms with Crippen molar-refractivity contribution in [3.05, 3.63) is 102 Å². The zero-order valence-electron chi connectivity index (χ0n) is 18.7. The molecule has 0 spiro atoms. The van der Waals surface area contributed by atoms with Crippen molar-refractivity contribution in [2.24, 2.45) is 0 Å². The van der Waals surface area contributed by atoms with Crippen molar-refractivity contribution >= 4 is 29.2 Å². The number of carbonyl (C=O) groups is 2. The van der Waals surface area contributed by atoms with Crippen molar-refractivity contribution in [2.75, 3.05) is 11.9 Å². The number of halogens is 1. The normalized spacial score (nSPS) is 10.7.